The van der Waals surface area contributed by atoms with Crippen molar-refractivity contribution in [3.8, 4) is 0 Å². The van der Waals surface area contributed by atoms with E-state index >= 15 is 0 Å². The smallest absolute Gasteiger partial charge is 0.129 e. The van der Waals surface area contributed by atoms with E-state index in [9.17, 15) is 0 Å². The first-order valence-corrected chi connectivity index (χ1v) is 4.77. The van der Waals surface area contributed by atoms with E-state index in [0.717, 1.165) is 17.2 Å². The van der Waals surface area contributed by atoms with E-state index in [1.165, 1.54) is 6.33 Å². The van der Waals surface area contributed by atoms with Crippen molar-refractivity contribution in [3.05, 3.63) is 48.2 Å². The SMILES string of the molecule is Cc1cccc(CNc2ccncn2)n1. The van der Waals surface area contributed by atoms with Gasteiger partial charge in [0.1, 0.15) is 12.1 Å². The molecule has 0 aliphatic rings. The molecule has 4 nitrogen and oxygen atoms in total. The van der Waals surface area contributed by atoms with Crippen LogP contribution in [-0.2, 0) is 6.54 Å². The van der Waals surface area contributed by atoms with Gasteiger partial charge in [-0.1, -0.05) is 6.07 Å². The molecule has 2 aromatic heterocycles. The Morgan fingerprint density at radius 1 is 1.27 bits per heavy atom. The number of hydrogen-bond donors (Lipinski definition) is 1. The van der Waals surface area contributed by atoms with Crippen molar-refractivity contribution in [2.24, 2.45) is 0 Å². The molecule has 2 aromatic rings. The normalized spacial score (nSPS) is 9.93. The Balaban J connectivity index is 1.99. The first-order chi connectivity index (χ1) is 7.34. The third kappa shape index (κ3) is 2.74. The van der Waals surface area contributed by atoms with E-state index in [0.29, 0.717) is 6.54 Å². The van der Waals surface area contributed by atoms with E-state index in [1.807, 2.05) is 31.2 Å². The molecule has 1 N–H and O–H groups in total. The zero-order valence-corrected chi connectivity index (χ0v) is 8.51. The quantitative estimate of drug-likeness (QED) is 0.820. The maximum Gasteiger partial charge on any atom is 0.129 e. The van der Waals surface area contributed by atoms with E-state index in [-0.39, 0.29) is 0 Å². The Morgan fingerprint density at radius 2 is 2.20 bits per heavy atom. The van der Waals surface area contributed by atoms with Gasteiger partial charge in [-0.25, -0.2) is 9.97 Å². The molecule has 0 saturated heterocycles. The third-order valence-corrected chi connectivity index (χ3v) is 1.98. The second-order valence-electron chi connectivity index (χ2n) is 3.22. The highest BCUT2D eigenvalue weighted by molar-refractivity contribution is 5.32. The van der Waals surface area contributed by atoms with E-state index in [4.69, 9.17) is 0 Å². The van der Waals surface area contributed by atoms with Gasteiger partial charge < -0.3 is 5.32 Å². The highest BCUT2D eigenvalue weighted by Gasteiger charge is 1.95. The summed E-state index contributed by atoms with van der Waals surface area (Å²) in [5.74, 6) is 0.813. The number of nitrogens with one attached hydrogen (secondary N) is 1. The van der Waals surface area contributed by atoms with Gasteiger partial charge in [-0.05, 0) is 25.1 Å². The number of aryl methyl sites for hydroxylation is 1. The predicted molar refractivity (Wildman–Crippen MR) is 58.3 cm³/mol. The molecule has 0 aromatic carbocycles. The van der Waals surface area contributed by atoms with E-state index < -0.39 is 0 Å². The Morgan fingerprint density at radius 3 is 2.93 bits per heavy atom. The van der Waals surface area contributed by atoms with Crippen molar-refractivity contribution < 1.29 is 0 Å². The molecule has 4 heteroatoms. The minimum atomic E-state index is 0.679. The minimum Gasteiger partial charge on any atom is -0.364 e. The van der Waals surface area contributed by atoms with Crippen LogP contribution in [0.1, 0.15) is 11.4 Å². The lowest BCUT2D eigenvalue weighted by atomic mass is 10.3. The number of nitrogens with zero attached hydrogens (tertiary/aromatic N) is 3. The summed E-state index contributed by atoms with van der Waals surface area (Å²) in [6.45, 7) is 2.66. The summed E-state index contributed by atoms with van der Waals surface area (Å²) < 4.78 is 0. The zero-order valence-electron chi connectivity index (χ0n) is 8.51. The molecule has 15 heavy (non-hydrogen) atoms. The summed E-state index contributed by atoms with van der Waals surface area (Å²) in [4.78, 5) is 12.3. The highest BCUT2D eigenvalue weighted by Crippen LogP contribution is 2.03. The van der Waals surface area contributed by atoms with Gasteiger partial charge >= 0.3 is 0 Å². The summed E-state index contributed by atoms with van der Waals surface area (Å²) in [6.07, 6.45) is 3.23. The van der Waals surface area contributed by atoms with Crippen molar-refractivity contribution in [2.75, 3.05) is 5.32 Å². The van der Waals surface area contributed by atoms with Crippen LogP contribution < -0.4 is 5.32 Å². The van der Waals surface area contributed by atoms with Crippen molar-refractivity contribution in [1.82, 2.24) is 15.0 Å². The molecular weight excluding hydrogens is 188 g/mol. The fraction of sp³-hybridized carbons (Fsp3) is 0.182. The molecule has 0 aliphatic carbocycles. The van der Waals surface area contributed by atoms with Crippen LogP contribution in [0.2, 0.25) is 0 Å². The molecule has 2 heterocycles. The predicted octanol–water partition coefficient (Wildman–Crippen LogP) is 1.79. The minimum absolute atomic E-state index is 0.679. The van der Waals surface area contributed by atoms with E-state index in [2.05, 4.69) is 20.3 Å². The first-order valence-electron chi connectivity index (χ1n) is 4.77. The average Bonchev–Trinajstić information content (AvgIpc) is 2.28. The lowest BCUT2D eigenvalue weighted by Crippen LogP contribution is -2.03. The Hall–Kier alpha value is -1.97. The van der Waals surface area contributed by atoms with Crippen molar-refractivity contribution in [1.29, 1.82) is 0 Å². The highest BCUT2D eigenvalue weighted by atomic mass is 15.0. The summed E-state index contributed by atoms with van der Waals surface area (Å²) in [5, 5.41) is 3.17. The molecule has 0 atom stereocenters. The molecule has 76 valence electrons. The number of pyridine rings is 1. The fourth-order valence-electron chi connectivity index (χ4n) is 1.27. The molecule has 0 radical (unpaired) electrons. The average molecular weight is 200 g/mol. The first kappa shape index (κ1) is 9.58. The van der Waals surface area contributed by atoms with Crippen LogP contribution >= 0.6 is 0 Å². The lowest BCUT2D eigenvalue weighted by molar-refractivity contribution is 0.997. The molecule has 0 saturated carbocycles. The van der Waals surface area contributed by atoms with Gasteiger partial charge in [0.15, 0.2) is 0 Å². The van der Waals surface area contributed by atoms with Crippen LogP contribution in [0.15, 0.2) is 36.8 Å². The number of hydrogen-bond acceptors (Lipinski definition) is 4. The van der Waals surface area contributed by atoms with Crippen LogP contribution in [0.3, 0.4) is 0 Å². The Bertz CT molecular complexity index is 428. The van der Waals surface area contributed by atoms with Gasteiger partial charge in [0.25, 0.3) is 0 Å². The van der Waals surface area contributed by atoms with Gasteiger partial charge in [-0.2, -0.15) is 0 Å². The summed E-state index contributed by atoms with van der Waals surface area (Å²) in [5.41, 5.74) is 2.03. The topological polar surface area (TPSA) is 50.7 Å². The second-order valence-corrected chi connectivity index (χ2v) is 3.22. The monoisotopic (exact) mass is 200 g/mol. The van der Waals surface area contributed by atoms with Gasteiger partial charge in [0.2, 0.25) is 0 Å². The maximum absolute atomic E-state index is 4.38. The zero-order chi connectivity index (χ0) is 10.5. The molecule has 0 bridgehead atoms. The molecule has 0 amide bonds. The van der Waals surface area contributed by atoms with Gasteiger partial charge in [0, 0.05) is 11.9 Å². The number of rotatable bonds is 3. The van der Waals surface area contributed by atoms with Crippen LogP contribution in [0.5, 0.6) is 0 Å². The molecule has 2 rings (SSSR count). The second kappa shape index (κ2) is 4.50. The summed E-state index contributed by atoms with van der Waals surface area (Å²) >= 11 is 0. The lowest BCUT2D eigenvalue weighted by Gasteiger charge is -2.04. The van der Waals surface area contributed by atoms with Crippen molar-refractivity contribution in [2.45, 2.75) is 13.5 Å². The largest absolute Gasteiger partial charge is 0.364 e. The van der Waals surface area contributed by atoms with Gasteiger partial charge in [-0.3, -0.25) is 4.98 Å². The molecule has 0 fully saturated rings. The number of aromatic nitrogens is 3. The standard InChI is InChI=1S/C11H12N4/c1-9-3-2-4-10(15-9)7-13-11-5-6-12-8-14-11/h2-6,8H,7H2,1H3,(H,12,13,14). The Kier molecular flexibility index (Phi) is 2.88. The molecule has 0 unspecified atom stereocenters. The van der Waals surface area contributed by atoms with Gasteiger partial charge in [0.05, 0.1) is 12.2 Å². The summed E-state index contributed by atoms with van der Waals surface area (Å²) in [6, 6.07) is 7.80. The van der Waals surface area contributed by atoms with Crippen LogP contribution in [0.25, 0.3) is 0 Å². The van der Waals surface area contributed by atoms with Crippen LogP contribution in [-0.4, -0.2) is 15.0 Å². The number of anilines is 1. The van der Waals surface area contributed by atoms with E-state index in [1.54, 1.807) is 6.20 Å². The van der Waals surface area contributed by atoms with Crippen LogP contribution in [0.4, 0.5) is 5.82 Å². The van der Waals surface area contributed by atoms with Gasteiger partial charge in [-0.15, -0.1) is 0 Å². The van der Waals surface area contributed by atoms with Crippen LogP contribution in [0, 0.1) is 6.92 Å². The molecular formula is C11H12N4. The maximum atomic E-state index is 4.38. The summed E-state index contributed by atoms with van der Waals surface area (Å²) in [7, 11) is 0. The van der Waals surface area contributed by atoms with Crippen molar-refractivity contribution >= 4 is 5.82 Å². The van der Waals surface area contributed by atoms with Crippen molar-refractivity contribution in [3.63, 3.8) is 0 Å². The Labute approximate surface area is 88.4 Å². The fourth-order valence-corrected chi connectivity index (χ4v) is 1.27. The third-order valence-electron chi connectivity index (χ3n) is 1.98. The molecule has 0 spiro atoms. The molecule has 0 aliphatic heterocycles.